The van der Waals surface area contributed by atoms with Gasteiger partial charge in [-0.3, -0.25) is 14.3 Å². The lowest BCUT2D eigenvalue weighted by atomic mass is 10.2. The number of aryl methyl sites for hydroxylation is 1. The summed E-state index contributed by atoms with van der Waals surface area (Å²) in [5.41, 5.74) is 0.309. The second-order valence-corrected chi connectivity index (χ2v) is 7.11. The van der Waals surface area contributed by atoms with Gasteiger partial charge in [0, 0.05) is 19.4 Å². The van der Waals surface area contributed by atoms with E-state index in [4.69, 9.17) is 4.74 Å². The number of aromatic nitrogens is 3. The number of esters is 1. The van der Waals surface area contributed by atoms with Crippen LogP contribution in [-0.2, 0) is 18.4 Å². The third-order valence-electron chi connectivity index (χ3n) is 4.26. The van der Waals surface area contributed by atoms with E-state index in [0.29, 0.717) is 10.5 Å². The Bertz CT molecular complexity index is 1270. The lowest BCUT2D eigenvalue weighted by Crippen LogP contribution is -2.37. The molecule has 0 fully saturated rings. The molecule has 4 aromatic rings. The lowest BCUT2D eigenvalue weighted by Gasteiger charge is -2.07. The van der Waals surface area contributed by atoms with Crippen LogP contribution in [0.4, 0.5) is 0 Å². The minimum absolute atomic E-state index is 0.133. The van der Waals surface area contributed by atoms with E-state index < -0.39 is 17.2 Å². The Kier molecular flexibility index (Phi) is 4.62. The number of fused-ring (bicyclic) bond motifs is 1. The van der Waals surface area contributed by atoms with Crippen molar-refractivity contribution < 1.29 is 9.53 Å². The second-order valence-electron chi connectivity index (χ2n) is 6.08. The Morgan fingerprint density at radius 2 is 1.82 bits per heavy atom. The molecule has 28 heavy (non-hydrogen) atoms. The zero-order valence-electron chi connectivity index (χ0n) is 14.9. The van der Waals surface area contributed by atoms with Crippen molar-refractivity contribution in [1.29, 1.82) is 0 Å². The molecule has 3 heterocycles. The zero-order valence-corrected chi connectivity index (χ0v) is 15.7. The van der Waals surface area contributed by atoms with Crippen molar-refractivity contribution in [2.75, 3.05) is 0 Å². The number of benzene rings is 1. The molecule has 0 bridgehead atoms. The fourth-order valence-electron chi connectivity index (χ4n) is 2.84. The summed E-state index contributed by atoms with van der Waals surface area (Å²) >= 11 is 1.06. The average molecular weight is 393 g/mol. The number of nitrogens with zero attached hydrogens (tertiary/aromatic N) is 3. The predicted molar refractivity (Wildman–Crippen MR) is 106 cm³/mol. The van der Waals surface area contributed by atoms with Gasteiger partial charge in [-0.15, -0.1) is 11.3 Å². The first-order valence-electron chi connectivity index (χ1n) is 8.43. The highest BCUT2D eigenvalue weighted by molar-refractivity contribution is 7.20. The van der Waals surface area contributed by atoms with Gasteiger partial charge in [-0.05, 0) is 23.8 Å². The van der Waals surface area contributed by atoms with E-state index in [1.54, 1.807) is 19.2 Å². The van der Waals surface area contributed by atoms with Gasteiger partial charge < -0.3 is 4.74 Å². The van der Waals surface area contributed by atoms with Crippen LogP contribution in [-0.4, -0.2) is 20.1 Å². The van der Waals surface area contributed by atoms with E-state index in [1.165, 1.54) is 23.0 Å². The van der Waals surface area contributed by atoms with Crippen molar-refractivity contribution >= 4 is 27.5 Å². The maximum Gasteiger partial charge on any atom is 0.348 e. The third kappa shape index (κ3) is 3.14. The molecule has 140 valence electrons. The standard InChI is InChI=1S/C20H15N3O4S/c1-22-18-15(17(24)23(20(22)26)14-7-9-21-10-8-14)11-16(28-18)19(25)27-12-13-5-3-2-4-6-13/h2-11H,12H2,1H3. The van der Waals surface area contributed by atoms with E-state index in [2.05, 4.69) is 4.98 Å². The Morgan fingerprint density at radius 1 is 1.11 bits per heavy atom. The summed E-state index contributed by atoms with van der Waals surface area (Å²) in [5, 5.41) is 0.288. The fourth-order valence-corrected chi connectivity index (χ4v) is 3.84. The van der Waals surface area contributed by atoms with Crippen LogP contribution in [0.2, 0.25) is 0 Å². The van der Waals surface area contributed by atoms with Crippen LogP contribution in [0.25, 0.3) is 15.9 Å². The normalized spacial score (nSPS) is 10.9. The number of pyridine rings is 1. The van der Waals surface area contributed by atoms with E-state index >= 15 is 0 Å². The van der Waals surface area contributed by atoms with E-state index in [1.807, 2.05) is 30.3 Å². The molecule has 4 rings (SSSR count). The van der Waals surface area contributed by atoms with Crippen LogP contribution in [0.15, 0.2) is 70.5 Å². The number of ether oxygens (including phenoxy) is 1. The highest BCUT2D eigenvalue weighted by Crippen LogP contribution is 2.23. The smallest absolute Gasteiger partial charge is 0.348 e. The van der Waals surface area contributed by atoms with Crippen molar-refractivity contribution in [1.82, 2.24) is 14.1 Å². The van der Waals surface area contributed by atoms with Crippen molar-refractivity contribution in [2.45, 2.75) is 6.61 Å². The summed E-state index contributed by atoms with van der Waals surface area (Å²) in [4.78, 5) is 42.6. The van der Waals surface area contributed by atoms with Crippen LogP contribution in [0.3, 0.4) is 0 Å². The van der Waals surface area contributed by atoms with Gasteiger partial charge in [0.05, 0.1) is 11.1 Å². The van der Waals surface area contributed by atoms with Gasteiger partial charge in [0.15, 0.2) is 0 Å². The number of thiophene rings is 1. The number of rotatable bonds is 4. The molecule has 8 heteroatoms. The maximum absolute atomic E-state index is 12.9. The minimum atomic E-state index is -0.535. The van der Waals surface area contributed by atoms with Gasteiger partial charge >= 0.3 is 11.7 Å². The van der Waals surface area contributed by atoms with Crippen LogP contribution in [0.1, 0.15) is 15.2 Å². The molecule has 0 atom stereocenters. The topological polar surface area (TPSA) is 83.2 Å². The third-order valence-corrected chi connectivity index (χ3v) is 5.46. The molecule has 0 aliphatic carbocycles. The summed E-state index contributed by atoms with van der Waals surface area (Å²) in [6, 6.07) is 14.0. The van der Waals surface area contributed by atoms with Crippen LogP contribution >= 0.6 is 11.3 Å². The van der Waals surface area contributed by atoms with E-state index in [0.717, 1.165) is 21.5 Å². The molecule has 0 saturated heterocycles. The quantitative estimate of drug-likeness (QED) is 0.498. The molecule has 1 aromatic carbocycles. The molecule has 0 radical (unpaired) electrons. The molecule has 3 aromatic heterocycles. The Balaban J connectivity index is 1.74. The number of carbonyl (C=O) groups is 1. The van der Waals surface area contributed by atoms with Gasteiger partial charge in [-0.2, -0.15) is 0 Å². The Morgan fingerprint density at radius 3 is 2.54 bits per heavy atom. The molecule has 0 N–H and O–H groups in total. The molecule has 0 aliphatic heterocycles. The largest absolute Gasteiger partial charge is 0.457 e. The van der Waals surface area contributed by atoms with E-state index in [-0.39, 0.29) is 16.9 Å². The molecule has 0 unspecified atom stereocenters. The number of carbonyl (C=O) groups excluding carboxylic acids is 1. The average Bonchev–Trinajstić information content (AvgIpc) is 3.18. The summed E-state index contributed by atoms with van der Waals surface area (Å²) in [6.45, 7) is 0.133. The van der Waals surface area contributed by atoms with Crippen LogP contribution in [0.5, 0.6) is 0 Å². The first kappa shape index (κ1) is 17.9. The molecule has 0 saturated carbocycles. The number of hydrogen-bond acceptors (Lipinski definition) is 6. The summed E-state index contributed by atoms with van der Waals surface area (Å²) in [5.74, 6) is -0.535. The van der Waals surface area contributed by atoms with Crippen molar-refractivity contribution in [3.63, 3.8) is 0 Å². The Labute approximate surface area is 163 Å². The Hall–Kier alpha value is -3.52. The van der Waals surface area contributed by atoms with Gasteiger partial charge in [-0.1, -0.05) is 30.3 Å². The van der Waals surface area contributed by atoms with Crippen molar-refractivity contribution in [3.8, 4) is 5.69 Å². The molecule has 0 aliphatic rings. The first-order chi connectivity index (χ1) is 13.6. The summed E-state index contributed by atoms with van der Waals surface area (Å²) in [7, 11) is 1.57. The number of hydrogen-bond donors (Lipinski definition) is 0. The van der Waals surface area contributed by atoms with E-state index in [9.17, 15) is 14.4 Å². The maximum atomic E-state index is 12.9. The zero-order chi connectivity index (χ0) is 19.7. The van der Waals surface area contributed by atoms with Crippen molar-refractivity contribution in [3.05, 3.63) is 92.2 Å². The SMILES string of the molecule is Cn1c(=O)n(-c2ccncc2)c(=O)c2cc(C(=O)OCc3ccccc3)sc21. The van der Waals surface area contributed by atoms with Gasteiger partial charge in [-0.25, -0.2) is 14.2 Å². The summed E-state index contributed by atoms with van der Waals surface area (Å²) in [6.07, 6.45) is 3.01. The summed E-state index contributed by atoms with van der Waals surface area (Å²) < 4.78 is 7.76. The first-order valence-corrected chi connectivity index (χ1v) is 9.25. The highest BCUT2D eigenvalue weighted by atomic mass is 32.1. The van der Waals surface area contributed by atoms with Gasteiger partial charge in [0.1, 0.15) is 16.3 Å². The fraction of sp³-hybridized carbons (Fsp3) is 0.100. The van der Waals surface area contributed by atoms with Gasteiger partial charge in [0.2, 0.25) is 0 Å². The minimum Gasteiger partial charge on any atom is -0.457 e. The van der Waals surface area contributed by atoms with Crippen LogP contribution < -0.4 is 11.2 Å². The molecular weight excluding hydrogens is 378 g/mol. The monoisotopic (exact) mass is 393 g/mol. The second kappa shape index (κ2) is 7.24. The molecule has 0 spiro atoms. The molecule has 7 nitrogen and oxygen atoms in total. The van der Waals surface area contributed by atoms with Gasteiger partial charge in [0.25, 0.3) is 5.56 Å². The highest BCUT2D eigenvalue weighted by Gasteiger charge is 2.19. The lowest BCUT2D eigenvalue weighted by molar-refractivity contribution is 0.0478. The van der Waals surface area contributed by atoms with Crippen LogP contribution in [0, 0.1) is 0 Å². The van der Waals surface area contributed by atoms with Crippen molar-refractivity contribution in [2.24, 2.45) is 7.05 Å². The molecule has 0 amide bonds. The molecular formula is C20H15N3O4S. The predicted octanol–water partition coefficient (Wildman–Crippen LogP) is 2.50.